The van der Waals surface area contributed by atoms with E-state index in [9.17, 15) is 22.8 Å². The lowest BCUT2D eigenvalue weighted by Gasteiger charge is -2.22. The molecule has 0 aromatic heterocycles. The number of carbonyl (C=O) groups is 2. The fourth-order valence-electron chi connectivity index (χ4n) is 3.25. The Hall–Kier alpha value is -2.04. The summed E-state index contributed by atoms with van der Waals surface area (Å²) in [7, 11) is 0. The third-order valence-corrected chi connectivity index (χ3v) is 5.44. The van der Waals surface area contributed by atoms with Crippen molar-refractivity contribution in [3.8, 4) is 0 Å². The van der Waals surface area contributed by atoms with Crippen LogP contribution in [0, 0.1) is 0 Å². The zero-order valence-corrected chi connectivity index (χ0v) is 15.8. The first-order valence-electron chi connectivity index (χ1n) is 8.92. The topological polar surface area (TPSA) is 87.5 Å². The predicted octanol–water partition coefficient (Wildman–Crippen LogP) is 2.55. The van der Waals surface area contributed by atoms with E-state index in [-0.39, 0.29) is 16.5 Å². The van der Waals surface area contributed by atoms with Crippen molar-refractivity contribution in [3.05, 3.63) is 34.2 Å². The van der Waals surface area contributed by atoms with E-state index < -0.39 is 22.9 Å². The third kappa shape index (κ3) is 4.86. The fraction of sp³-hybridized carbons (Fsp3) is 0.444. The minimum atomic E-state index is -4.50. The highest BCUT2D eigenvalue weighted by molar-refractivity contribution is 8.18. The summed E-state index contributed by atoms with van der Waals surface area (Å²) in [6.45, 7) is 2.71. The summed E-state index contributed by atoms with van der Waals surface area (Å²) in [5.41, 5.74) is 5.57. The Bertz CT molecular complexity index is 798. The van der Waals surface area contributed by atoms with E-state index in [0.717, 1.165) is 31.5 Å². The quantitative estimate of drug-likeness (QED) is 0.490. The molecule has 10 heteroatoms. The summed E-state index contributed by atoms with van der Waals surface area (Å²) in [5, 5.41) is 4.98. The van der Waals surface area contributed by atoms with Crippen molar-refractivity contribution in [2.75, 3.05) is 31.1 Å². The lowest BCUT2D eigenvalue weighted by atomic mass is 10.1. The van der Waals surface area contributed by atoms with Gasteiger partial charge in [-0.2, -0.15) is 13.2 Å². The Kier molecular flexibility index (Phi) is 6.31. The number of hydrogen-bond acceptors (Lipinski definition) is 6. The van der Waals surface area contributed by atoms with Crippen molar-refractivity contribution in [3.63, 3.8) is 0 Å². The van der Waals surface area contributed by atoms with Gasteiger partial charge >= 0.3 is 6.18 Å². The fourth-order valence-corrected chi connectivity index (χ4v) is 3.92. The number of anilines is 1. The molecule has 0 aliphatic carbocycles. The Morgan fingerprint density at radius 3 is 2.79 bits per heavy atom. The highest BCUT2D eigenvalue weighted by Crippen LogP contribution is 2.36. The first kappa shape index (κ1) is 20.7. The maximum Gasteiger partial charge on any atom is 0.416 e. The Morgan fingerprint density at radius 2 is 2.14 bits per heavy atom. The SMILES string of the molecule is NCCCN[C@H]1CCN(c2ccc(C(F)(F)F)cc2C=C2SC(=O)NC2=O)C1. The van der Waals surface area contributed by atoms with Gasteiger partial charge in [0.25, 0.3) is 11.1 Å². The molecule has 2 aliphatic heterocycles. The van der Waals surface area contributed by atoms with Gasteiger partial charge in [-0.3, -0.25) is 14.9 Å². The molecule has 0 spiro atoms. The number of rotatable bonds is 6. The molecule has 1 aromatic rings. The highest BCUT2D eigenvalue weighted by atomic mass is 32.2. The largest absolute Gasteiger partial charge is 0.416 e. The van der Waals surface area contributed by atoms with Crippen molar-refractivity contribution in [1.29, 1.82) is 0 Å². The number of nitrogens with two attached hydrogens (primary N) is 1. The molecular formula is C18H21F3N4O2S. The highest BCUT2D eigenvalue weighted by Gasteiger charge is 2.33. The molecule has 3 rings (SSSR count). The molecule has 1 atom stereocenters. The smallest absolute Gasteiger partial charge is 0.369 e. The molecule has 28 heavy (non-hydrogen) atoms. The van der Waals surface area contributed by atoms with Gasteiger partial charge < -0.3 is 16.0 Å². The number of amides is 2. The molecule has 152 valence electrons. The van der Waals surface area contributed by atoms with Crippen LogP contribution in [0.3, 0.4) is 0 Å². The summed E-state index contributed by atoms with van der Waals surface area (Å²) < 4.78 is 39.5. The second-order valence-corrected chi connectivity index (χ2v) is 7.67. The molecule has 2 amide bonds. The molecular weight excluding hydrogens is 393 g/mol. The number of imide groups is 1. The molecule has 2 heterocycles. The van der Waals surface area contributed by atoms with Crippen molar-refractivity contribution >= 4 is 34.7 Å². The molecule has 0 unspecified atom stereocenters. The minimum absolute atomic E-state index is 0.0855. The van der Waals surface area contributed by atoms with E-state index in [1.807, 2.05) is 4.90 Å². The van der Waals surface area contributed by atoms with Crippen LogP contribution < -0.4 is 21.3 Å². The molecule has 2 aliphatic rings. The first-order valence-corrected chi connectivity index (χ1v) is 9.74. The summed E-state index contributed by atoms with van der Waals surface area (Å²) >= 11 is 0.685. The van der Waals surface area contributed by atoms with Crippen LogP contribution in [0.4, 0.5) is 23.7 Å². The van der Waals surface area contributed by atoms with Gasteiger partial charge in [-0.05, 0) is 67.5 Å². The average Bonchev–Trinajstić information content (AvgIpc) is 3.21. The molecule has 0 radical (unpaired) electrons. The van der Waals surface area contributed by atoms with Gasteiger partial charge in [-0.15, -0.1) is 0 Å². The number of alkyl halides is 3. The number of thioether (sulfide) groups is 1. The van der Waals surface area contributed by atoms with Crippen molar-refractivity contribution in [2.24, 2.45) is 5.73 Å². The second kappa shape index (κ2) is 8.54. The Balaban J connectivity index is 1.87. The van der Waals surface area contributed by atoms with Crippen LogP contribution in [-0.4, -0.2) is 43.4 Å². The summed E-state index contributed by atoms with van der Waals surface area (Å²) in [6, 6.07) is 3.71. The van der Waals surface area contributed by atoms with E-state index in [4.69, 9.17) is 5.73 Å². The number of carbonyl (C=O) groups excluding carboxylic acids is 2. The molecule has 0 bridgehead atoms. The Morgan fingerprint density at radius 1 is 1.36 bits per heavy atom. The van der Waals surface area contributed by atoms with Crippen molar-refractivity contribution in [2.45, 2.75) is 25.1 Å². The lowest BCUT2D eigenvalue weighted by molar-refractivity contribution is -0.137. The summed E-state index contributed by atoms with van der Waals surface area (Å²) in [5.74, 6) is -0.596. The Labute approximate surface area is 164 Å². The summed E-state index contributed by atoms with van der Waals surface area (Å²) in [4.78, 5) is 25.3. The van der Waals surface area contributed by atoms with Gasteiger partial charge in [0, 0.05) is 24.8 Å². The molecule has 4 N–H and O–H groups in total. The predicted molar refractivity (Wildman–Crippen MR) is 103 cm³/mol. The van der Waals surface area contributed by atoms with Crippen molar-refractivity contribution in [1.82, 2.24) is 10.6 Å². The van der Waals surface area contributed by atoms with E-state index in [1.165, 1.54) is 12.1 Å². The number of benzene rings is 1. The third-order valence-electron chi connectivity index (χ3n) is 4.63. The van der Waals surface area contributed by atoms with E-state index in [1.54, 1.807) is 0 Å². The van der Waals surface area contributed by atoms with E-state index in [0.29, 0.717) is 37.1 Å². The maximum absolute atomic E-state index is 13.2. The van der Waals surface area contributed by atoms with Crippen LogP contribution in [0.5, 0.6) is 0 Å². The lowest BCUT2D eigenvalue weighted by Crippen LogP contribution is -2.34. The zero-order chi connectivity index (χ0) is 20.3. The van der Waals surface area contributed by atoms with Gasteiger partial charge in [0.1, 0.15) is 0 Å². The number of hydrogen-bond donors (Lipinski definition) is 3. The van der Waals surface area contributed by atoms with Gasteiger partial charge in [-0.25, -0.2) is 0 Å². The molecule has 6 nitrogen and oxygen atoms in total. The van der Waals surface area contributed by atoms with Gasteiger partial charge in [0.2, 0.25) is 0 Å². The monoisotopic (exact) mass is 414 g/mol. The van der Waals surface area contributed by atoms with Crippen LogP contribution in [0.15, 0.2) is 23.1 Å². The van der Waals surface area contributed by atoms with Crippen LogP contribution in [0.25, 0.3) is 6.08 Å². The average molecular weight is 414 g/mol. The van der Waals surface area contributed by atoms with E-state index >= 15 is 0 Å². The second-order valence-electron chi connectivity index (χ2n) is 6.65. The van der Waals surface area contributed by atoms with E-state index in [2.05, 4.69) is 10.6 Å². The normalized spacial score (nSPS) is 21.6. The van der Waals surface area contributed by atoms with Crippen LogP contribution in [-0.2, 0) is 11.0 Å². The summed E-state index contributed by atoms with van der Waals surface area (Å²) in [6.07, 6.45) is -1.43. The van der Waals surface area contributed by atoms with Crippen molar-refractivity contribution < 1.29 is 22.8 Å². The standard InChI is InChI=1S/C18H21F3N4O2S/c19-18(20,21)12-2-3-14(25-7-4-13(10-25)23-6-1-5-22)11(8-12)9-15-16(26)24-17(27)28-15/h2-3,8-9,13,23H,1,4-7,10,22H2,(H,24,26,27)/t13-/m0/s1. The zero-order valence-electron chi connectivity index (χ0n) is 15.0. The number of halogens is 3. The molecule has 0 saturated carbocycles. The van der Waals surface area contributed by atoms with Gasteiger partial charge in [0.05, 0.1) is 10.5 Å². The maximum atomic E-state index is 13.2. The molecule has 1 aromatic carbocycles. The first-order chi connectivity index (χ1) is 13.3. The van der Waals surface area contributed by atoms with Crippen LogP contribution in [0.2, 0.25) is 0 Å². The van der Waals surface area contributed by atoms with Gasteiger partial charge in [0.15, 0.2) is 0 Å². The minimum Gasteiger partial charge on any atom is -0.369 e. The van der Waals surface area contributed by atoms with Gasteiger partial charge in [-0.1, -0.05) is 0 Å². The van der Waals surface area contributed by atoms with Crippen LogP contribution >= 0.6 is 11.8 Å². The van der Waals surface area contributed by atoms with Crippen LogP contribution in [0.1, 0.15) is 24.0 Å². The number of nitrogens with one attached hydrogen (secondary N) is 2. The number of nitrogens with zero attached hydrogens (tertiary/aromatic N) is 1. The molecule has 2 fully saturated rings. The molecule has 2 saturated heterocycles.